The molecule has 0 saturated carbocycles. The van der Waals surface area contributed by atoms with Crippen molar-refractivity contribution in [3.63, 3.8) is 0 Å². The van der Waals surface area contributed by atoms with Crippen molar-refractivity contribution in [3.05, 3.63) is 48.5 Å². The van der Waals surface area contributed by atoms with E-state index in [0.29, 0.717) is 11.4 Å². The number of amides is 2. The second-order valence-electron chi connectivity index (χ2n) is 4.12. The molecular formula is C14H14N4O3. The SMILES string of the molecule is COC(=O)N(C)c1ccc(NC(=O)c2cnccn2)cc1. The fourth-order valence-electron chi connectivity index (χ4n) is 1.62. The van der Waals surface area contributed by atoms with Gasteiger partial charge in [-0.3, -0.25) is 14.7 Å². The number of aromatic nitrogens is 2. The number of nitrogens with one attached hydrogen (secondary N) is 1. The smallest absolute Gasteiger partial charge is 0.413 e. The summed E-state index contributed by atoms with van der Waals surface area (Å²) in [6.07, 6.45) is 3.86. The number of carbonyl (C=O) groups is 2. The van der Waals surface area contributed by atoms with Crippen LogP contribution < -0.4 is 10.2 Å². The topological polar surface area (TPSA) is 84.4 Å². The van der Waals surface area contributed by atoms with E-state index in [4.69, 9.17) is 0 Å². The molecule has 0 aliphatic rings. The monoisotopic (exact) mass is 286 g/mol. The van der Waals surface area contributed by atoms with Crippen LogP contribution in [-0.4, -0.2) is 36.1 Å². The maximum atomic E-state index is 11.9. The largest absolute Gasteiger partial charge is 0.452 e. The van der Waals surface area contributed by atoms with Crippen molar-refractivity contribution in [2.75, 3.05) is 24.4 Å². The molecule has 0 unspecified atom stereocenters. The molecule has 2 rings (SSSR count). The van der Waals surface area contributed by atoms with Crippen molar-refractivity contribution in [1.29, 1.82) is 0 Å². The molecule has 7 heteroatoms. The highest BCUT2D eigenvalue weighted by atomic mass is 16.5. The zero-order chi connectivity index (χ0) is 15.2. The van der Waals surface area contributed by atoms with Crippen LogP contribution in [0.3, 0.4) is 0 Å². The van der Waals surface area contributed by atoms with Crippen molar-refractivity contribution in [2.24, 2.45) is 0 Å². The molecule has 0 aliphatic heterocycles. The lowest BCUT2D eigenvalue weighted by atomic mass is 10.2. The summed E-state index contributed by atoms with van der Waals surface area (Å²) in [6.45, 7) is 0. The highest BCUT2D eigenvalue weighted by Crippen LogP contribution is 2.17. The van der Waals surface area contributed by atoms with Gasteiger partial charge in [0.2, 0.25) is 0 Å². The number of hydrogen-bond donors (Lipinski definition) is 1. The molecule has 1 aromatic carbocycles. The minimum atomic E-state index is -0.466. The number of nitrogens with zero attached hydrogens (tertiary/aromatic N) is 3. The molecule has 1 N–H and O–H groups in total. The molecule has 21 heavy (non-hydrogen) atoms. The summed E-state index contributed by atoms with van der Waals surface area (Å²) in [4.78, 5) is 32.4. The van der Waals surface area contributed by atoms with Gasteiger partial charge >= 0.3 is 6.09 Å². The Morgan fingerprint density at radius 1 is 1.19 bits per heavy atom. The van der Waals surface area contributed by atoms with Crippen molar-refractivity contribution < 1.29 is 14.3 Å². The van der Waals surface area contributed by atoms with Crippen LogP contribution in [0.25, 0.3) is 0 Å². The van der Waals surface area contributed by atoms with Crippen LogP contribution in [0.4, 0.5) is 16.2 Å². The molecule has 0 bridgehead atoms. The van der Waals surface area contributed by atoms with Gasteiger partial charge in [-0.25, -0.2) is 9.78 Å². The van der Waals surface area contributed by atoms with Gasteiger partial charge in [0.05, 0.1) is 13.3 Å². The molecule has 2 aromatic rings. The number of hydrogen-bond acceptors (Lipinski definition) is 5. The Morgan fingerprint density at radius 3 is 2.48 bits per heavy atom. The molecule has 1 heterocycles. The number of carbonyl (C=O) groups excluding carboxylic acids is 2. The highest BCUT2D eigenvalue weighted by molar-refractivity contribution is 6.02. The molecule has 0 spiro atoms. The van der Waals surface area contributed by atoms with E-state index in [1.165, 1.54) is 30.6 Å². The van der Waals surface area contributed by atoms with Gasteiger partial charge in [0.1, 0.15) is 5.69 Å². The van der Waals surface area contributed by atoms with E-state index in [-0.39, 0.29) is 11.6 Å². The van der Waals surface area contributed by atoms with Gasteiger partial charge in [-0.2, -0.15) is 0 Å². The Kier molecular flexibility index (Phi) is 4.45. The molecule has 0 aliphatic carbocycles. The van der Waals surface area contributed by atoms with Crippen LogP contribution in [-0.2, 0) is 4.74 Å². The molecule has 0 atom stereocenters. The van der Waals surface area contributed by atoms with Gasteiger partial charge < -0.3 is 10.1 Å². The molecule has 0 saturated heterocycles. The standard InChI is InChI=1S/C14H14N4O3/c1-18(14(20)21-2)11-5-3-10(4-6-11)17-13(19)12-9-15-7-8-16-12/h3-9H,1-2H3,(H,17,19). The van der Waals surface area contributed by atoms with Gasteiger partial charge in [-0.1, -0.05) is 0 Å². The maximum absolute atomic E-state index is 11.9. The van der Waals surface area contributed by atoms with Crippen LogP contribution >= 0.6 is 0 Å². The van der Waals surface area contributed by atoms with E-state index in [9.17, 15) is 9.59 Å². The quantitative estimate of drug-likeness (QED) is 0.932. The minimum absolute atomic E-state index is 0.230. The molecule has 2 amide bonds. The van der Waals surface area contributed by atoms with Crippen LogP contribution in [0.5, 0.6) is 0 Å². The molecule has 0 fully saturated rings. The maximum Gasteiger partial charge on any atom is 0.413 e. The number of rotatable bonds is 3. The fourth-order valence-corrected chi connectivity index (χ4v) is 1.62. The summed E-state index contributed by atoms with van der Waals surface area (Å²) >= 11 is 0. The molecule has 108 valence electrons. The van der Waals surface area contributed by atoms with Gasteiger partial charge in [-0.15, -0.1) is 0 Å². The summed E-state index contributed by atoms with van der Waals surface area (Å²) in [6, 6.07) is 6.76. The summed E-state index contributed by atoms with van der Waals surface area (Å²) in [5.74, 6) is -0.350. The van der Waals surface area contributed by atoms with Crippen LogP contribution in [0, 0.1) is 0 Å². The average molecular weight is 286 g/mol. The first-order chi connectivity index (χ1) is 10.1. The van der Waals surface area contributed by atoms with E-state index in [0.717, 1.165) is 0 Å². The predicted molar refractivity (Wildman–Crippen MR) is 77.2 cm³/mol. The zero-order valence-electron chi connectivity index (χ0n) is 11.6. The third-order valence-corrected chi connectivity index (χ3v) is 2.76. The minimum Gasteiger partial charge on any atom is -0.452 e. The number of ether oxygens (including phenoxy) is 1. The van der Waals surface area contributed by atoms with Crippen LogP contribution in [0.1, 0.15) is 10.5 Å². The molecular weight excluding hydrogens is 272 g/mol. The first-order valence-electron chi connectivity index (χ1n) is 6.11. The summed E-state index contributed by atoms with van der Waals surface area (Å²) in [5, 5.41) is 2.69. The third-order valence-electron chi connectivity index (χ3n) is 2.76. The summed E-state index contributed by atoms with van der Waals surface area (Å²) < 4.78 is 4.62. The second kappa shape index (κ2) is 6.47. The average Bonchev–Trinajstić information content (AvgIpc) is 2.55. The first-order valence-corrected chi connectivity index (χ1v) is 6.11. The molecule has 0 radical (unpaired) electrons. The summed E-state index contributed by atoms with van der Waals surface area (Å²) in [5.41, 5.74) is 1.47. The van der Waals surface area contributed by atoms with E-state index in [1.54, 1.807) is 31.3 Å². The van der Waals surface area contributed by atoms with Crippen molar-refractivity contribution in [3.8, 4) is 0 Å². The van der Waals surface area contributed by atoms with E-state index < -0.39 is 6.09 Å². The highest BCUT2D eigenvalue weighted by Gasteiger charge is 2.11. The number of benzene rings is 1. The Hall–Kier alpha value is -2.96. The van der Waals surface area contributed by atoms with Gasteiger partial charge in [0, 0.05) is 30.8 Å². The van der Waals surface area contributed by atoms with E-state index in [1.807, 2.05) is 0 Å². The van der Waals surface area contributed by atoms with Gasteiger partial charge in [-0.05, 0) is 24.3 Å². The Bertz CT molecular complexity index is 628. The predicted octanol–water partition coefficient (Wildman–Crippen LogP) is 1.93. The second-order valence-corrected chi connectivity index (χ2v) is 4.12. The Morgan fingerprint density at radius 2 is 1.90 bits per heavy atom. The lowest BCUT2D eigenvalue weighted by molar-refractivity contribution is 0.102. The zero-order valence-corrected chi connectivity index (χ0v) is 11.6. The third kappa shape index (κ3) is 3.53. The number of methoxy groups -OCH3 is 1. The van der Waals surface area contributed by atoms with Crippen LogP contribution in [0.2, 0.25) is 0 Å². The molecule has 7 nitrogen and oxygen atoms in total. The van der Waals surface area contributed by atoms with Gasteiger partial charge in [0.15, 0.2) is 0 Å². The fraction of sp³-hybridized carbons (Fsp3) is 0.143. The van der Waals surface area contributed by atoms with E-state index in [2.05, 4.69) is 20.0 Å². The lowest BCUT2D eigenvalue weighted by Gasteiger charge is -2.15. The van der Waals surface area contributed by atoms with Crippen molar-refractivity contribution >= 4 is 23.4 Å². The van der Waals surface area contributed by atoms with Crippen molar-refractivity contribution in [2.45, 2.75) is 0 Å². The van der Waals surface area contributed by atoms with Crippen LogP contribution in [0.15, 0.2) is 42.9 Å². The normalized spacial score (nSPS) is 9.81. The Labute approximate surface area is 121 Å². The lowest BCUT2D eigenvalue weighted by Crippen LogP contribution is -2.25. The number of anilines is 2. The van der Waals surface area contributed by atoms with Crippen molar-refractivity contribution in [1.82, 2.24) is 9.97 Å². The summed E-state index contributed by atoms with van der Waals surface area (Å²) in [7, 11) is 2.91. The van der Waals surface area contributed by atoms with Gasteiger partial charge in [0.25, 0.3) is 5.91 Å². The first kappa shape index (κ1) is 14.4. The molecule has 1 aromatic heterocycles. The Balaban J connectivity index is 2.06. The van der Waals surface area contributed by atoms with E-state index >= 15 is 0 Å².